The van der Waals surface area contributed by atoms with Crippen molar-refractivity contribution in [3.05, 3.63) is 34.9 Å². The third kappa shape index (κ3) is 3.15. The number of hydrogen-bond acceptors (Lipinski definition) is 3. The van der Waals surface area contributed by atoms with Gasteiger partial charge in [-0.2, -0.15) is 5.10 Å². The first-order valence-corrected chi connectivity index (χ1v) is 7.33. The number of carbonyl (C=O) groups excluding carboxylic acids is 1. The summed E-state index contributed by atoms with van der Waals surface area (Å²) in [6, 6.07) is 6.15. The van der Waals surface area contributed by atoms with Crippen LogP contribution in [0, 0.1) is 19.8 Å². The molecule has 0 radical (unpaired) electrons. The zero-order valence-electron chi connectivity index (χ0n) is 13.2. The van der Waals surface area contributed by atoms with Crippen LogP contribution in [-0.4, -0.2) is 16.1 Å². The van der Waals surface area contributed by atoms with Crippen LogP contribution in [0.25, 0.3) is 11.3 Å². The summed E-state index contributed by atoms with van der Waals surface area (Å²) in [4.78, 5) is 11.4. The van der Waals surface area contributed by atoms with E-state index >= 15 is 0 Å². The minimum Gasteiger partial charge on any atom is -0.383 e. The highest BCUT2D eigenvalue weighted by Gasteiger charge is 2.18. The molecule has 1 aromatic carbocycles. The van der Waals surface area contributed by atoms with Gasteiger partial charge in [-0.1, -0.05) is 31.5 Å². The summed E-state index contributed by atoms with van der Waals surface area (Å²) in [5.74, 6) is 1.03. The topological polar surface area (TPSA) is 60.9 Å². The van der Waals surface area contributed by atoms with Gasteiger partial charge in [0.05, 0.1) is 5.56 Å². The summed E-state index contributed by atoms with van der Waals surface area (Å²) in [7, 11) is 0. The van der Waals surface area contributed by atoms with Crippen LogP contribution >= 0.6 is 0 Å². The van der Waals surface area contributed by atoms with Gasteiger partial charge < -0.3 is 5.73 Å². The SMILES string of the molecule is Cc1ccc(C)c(-c2nn(CCC(C)C)c(N)c2C=O)c1. The molecule has 0 saturated carbocycles. The predicted molar refractivity (Wildman–Crippen MR) is 86.4 cm³/mol. The van der Waals surface area contributed by atoms with Crippen molar-refractivity contribution in [2.45, 2.75) is 40.7 Å². The number of nitrogen functional groups attached to an aromatic ring is 1. The quantitative estimate of drug-likeness (QED) is 0.854. The lowest BCUT2D eigenvalue weighted by molar-refractivity contribution is 0.112. The number of aryl methyl sites for hydroxylation is 3. The van der Waals surface area contributed by atoms with Crippen molar-refractivity contribution in [3.63, 3.8) is 0 Å². The molecule has 0 bridgehead atoms. The Labute approximate surface area is 126 Å². The molecule has 0 atom stereocenters. The van der Waals surface area contributed by atoms with Crippen molar-refractivity contribution >= 4 is 12.1 Å². The molecular formula is C17H23N3O. The second-order valence-corrected chi connectivity index (χ2v) is 5.99. The molecule has 2 rings (SSSR count). The van der Waals surface area contributed by atoms with E-state index in [2.05, 4.69) is 31.1 Å². The molecule has 2 N–H and O–H groups in total. The van der Waals surface area contributed by atoms with Crippen LogP contribution < -0.4 is 5.73 Å². The van der Waals surface area contributed by atoms with Gasteiger partial charge in [0.15, 0.2) is 6.29 Å². The Bertz CT molecular complexity index is 656. The van der Waals surface area contributed by atoms with E-state index in [1.165, 1.54) is 0 Å². The number of aromatic nitrogens is 2. The van der Waals surface area contributed by atoms with Crippen LogP contribution in [0.15, 0.2) is 18.2 Å². The van der Waals surface area contributed by atoms with Gasteiger partial charge in [0.2, 0.25) is 0 Å². The highest BCUT2D eigenvalue weighted by Crippen LogP contribution is 2.29. The van der Waals surface area contributed by atoms with Crippen molar-refractivity contribution in [2.24, 2.45) is 5.92 Å². The van der Waals surface area contributed by atoms with Crippen LogP contribution in [0.3, 0.4) is 0 Å². The smallest absolute Gasteiger partial charge is 0.156 e. The Kier molecular flexibility index (Phi) is 4.46. The average Bonchev–Trinajstić information content (AvgIpc) is 2.75. The second-order valence-electron chi connectivity index (χ2n) is 5.99. The molecular weight excluding hydrogens is 262 g/mol. The normalized spacial score (nSPS) is 11.1. The molecule has 1 aromatic heterocycles. The molecule has 4 nitrogen and oxygen atoms in total. The van der Waals surface area contributed by atoms with E-state index in [9.17, 15) is 4.79 Å². The number of rotatable bonds is 5. The Balaban J connectivity index is 2.50. The van der Waals surface area contributed by atoms with Gasteiger partial charge in [0.25, 0.3) is 0 Å². The Hall–Kier alpha value is -2.10. The summed E-state index contributed by atoms with van der Waals surface area (Å²) in [5, 5.41) is 4.59. The van der Waals surface area contributed by atoms with Crippen molar-refractivity contribution in [2.75, 3.05) is 5.73 Å². The van der Waals surface area contributed by atoms with E-state index in [4.69, 9.17) is 5.73 Å². The van der Waals surface area contributed by atoms with E-state index in [1.807, 2.05) is 19.9 Å². The summed E-state index contributed by atoms with van der Waals surface area (Å²) >= 11 is 0. The summed E-state index contributed by atoms with van der Waals surface area (Å²) in [6.07, 6.45) is 1.79. The lowest BCUT2D eigenvalue weighted by Gasteiger charge is -2.06. The summed E-state index contributed by atoms with van der Waals surface area (Å²) < 4.78 is 1.75. The molecule has 21 heavy (non-hydrogen) atoms. The first-order chi connectivity index (χ1) is 9.93. The van der Waals surface area contributed by atoms with Gasteiger partial charge >= 0.3 is 0 Å². The maximum absolute atomic E-state index is 11.4. The standard InChI is InChI=1S/C17H23N3O/c1-11(2)7-8-20-17(18)15(10-21)16(19-20)14-9-12(3)5-6-13(14)4/h5-6,9-11H,7-8,18H2,1-4H3. The fourth-order valence-electron chi connectivity index (χ4n) is 2.35. The zero-order valence-corrected chi connectivity index (χ0v) is 13.2. The minimum atomic E-state index is 0.460. The maximum Gasteiger partial charge on any atom is 0.156 e. The van der Waals surface area contributed by atoms with Crippen LogP contribution in [0.5, 0.6) is 0 Å². The fourth-order valence-corrected chi connectivity index (χ4v) is 2.35. The number of nitrogens with zero attached hydrogens (tertiary/aromatic N) is 2. The van der Waals surface area contributed by atoms with E-state index in [1.54, 1.807) is 4.68 Å². The van der Waals surface area contributed by atoms with E-state index in [0.29, 0.717) is 23.0 Å². The largest absolute Gasteiger partial charge is 0.383 e. The number of carbonyl (C=O) groups is 1. The Morgan fingerprint density at radius 2 is 2.05 bits per heavy atom. The van der Waals surface area contributed by atoms with Gasteiger partial charge in [-0.15, -0.1) is 0 Å². The molecule has 1 heterocycles. The molecule has 0 aliphatic carbocycles. The van der Waals surface area contributed by atoms with E-state index < -0.39 is 0 Å². The van der Waals surface area contributed by atoms with Gasteiger partial charge in [0.1, 0.15) is 11.5 Å². The summed E-state index contributed by atoms with van der Waals surface area (Å²) in [5.41, 5.74) is 10.5. The lowest BCUT2D eigenvalue weighted by Crippen LogP contribution is -2.07. The first-order valence-electron chi connectivity index (χ1n) is 7.33. The molecule has 0 aliphatic rings. The number of hydrogen-bond donors (Lipinski definition) is 1. The third-order valence-corrected chi connectivity index (χ3v) is 3.71. The van der Waals surface area contributed by atoms with Crippen molar-refractivity contribution in [3.8, 4) is 11.3 Å². The minimum absolute atomic E-state index is 0.460. The number of anilines is 1. The first kappa shape index (κ1) is 15.3. The van der Waals surface area contributed by atoms with Crippen LogP contribution in [0.4, 0.5) is 5.82 Å². The fraction of sp³-hybridized carbons (Fsp3) is 0.412. The number of aldehydes is 1. The molecule has 0 unspecified atom stereocenters. The highest BCUT2D eigenvalue weighted by atomic mass is 16.1. The average molecular weight is 285 g/mol. The van der Waals surface area contributed by atoms with Crippen molar-refractivity contribution in [1.82, 2.24) is 9.78 Å². The molecule has 112 valence electrons. The Morgan fingerprint density at radius 3 is 2.67 bits per heavy atom. The monoisotopic (exact) mass is 285 g/mol. The van der Waals surface area contributed by atoms with Gasteiger partial charge in [-0.05, 0) is 37.8 Å². The predicted octanol–water partition coefficient (Wildman–Crippen LogP) is 3.61. The molecule has 0 spiro atoms. The Morgan fingerprint density at radius 1 is 1.33 bits per heavy atom. The van der Waals surface area contributed by atoms with E-state index in [-0.39, 0.29) is 0 Å². The van der Waals surface area contributed by atoms with Crippen LogP contribution in [-0.2, 0) is 6.54 Å². The molecule has 4 heteroatoms. The maximum atomic E-state index is 11.4. The van der Waals surface area contributed by atoms with Crippen molar-refractivity contribution in [1.29, 1.82) is 0 Å². The van der Waals surface area contributed by atoms with Crippen molar-refractivity contribution < 1.29 is 4.79 Å². The number of nitrogens with two attached hydrogens (primary N) is 1. The number of benzene rings is 1. The third-order valence-electron chi connectivity index (χ3n) is 3.71. The highest BCUT2D eigenvalue weighted by molar-refractivity contribution is 5.92. The van der Waals surface area contributed by atoms with E-state index in [0.717, 1.165) is 35.9 Å². The van der Waals surface area contributed by atoms with Gasteiger partial charge in [-0.3, -0.25) is 4.79 Å². The zero-order chi connectivity index (χ0) is 15.6. The molecule has 0 aliphatic heterocycles. The molecule has 0 fully saturated rings. The second kappa shape index (κ2) is 6.12. The van der Waals surface area contributed by atoms with Crippen LogP contribution in [0.2, 0.25) is 0 Å². The molecule has 0 saturated heterocycles. The molecule has 0 amide bonds. The molecule has 2 aromatic rings. The van der Waals surface area contributed by atoms with Gasteiger partial charge in [0, 0.05) is 12.1 Å². The van der Waals surface area contributed by atoms with Gasteiger partial charge in [-0.25, -0.2) is 4.68 Å². The summed E-state index contributed by atoms with van der Waals surface area (Å²) in [6.45, 7) is 9.10. The van der Waals surface area contributed by atoms with Crippen LogP contribution in [0.1, 0.15) is 41.8 Å². The lowest BCUT2D eigenvalue weighted by atomic mass is 10.0.